The summed E-state index contributed by atoms with van der Waals surface area (Å²) < 4.78 is 23.1. The van der Waals surface area contributed by atoms with Gasteiger partial charge in [0, 0.05) is 12.8 Å². The summed E-state index contributed by atoms with van der Waals surface area (Å²) in [5.74, 6) is -1.98. The van der Waals surface area contributed by atoms with Gasteiger partial charge in [0.1, 0.15) is 13.2 Å². The molecule has 0 saturated heterocycles. The van der Waals surface area contributed by atoms with Crippen LogP contribution in [0, 0.1) is 0 Å². The minimum Gasteiger partial charge on any atom is -0.477 e. The molecule has 0 aromatic carbocycles. The Labute approximate surface area is 650 Å². The van der Waals surface area contributed by atoms with E-state index in [1.165, 1.54) is 289 Å². The standard InChI is InChI=1S/C96H169NO8/c1-6-8-10-12-14-16-18-20-22-24-26-28-30-32-34-36-38-40-42-44-46-47-49-50-52-54-56-58-60-62-64-66-68-70-72-74-76-78-80-82-84-86-93(98)103-90-92(91-104-96(95(100)101)102-89-88-97(3,4)5)105-94(99)87-85-83-81-79-77-75-73-71-69-67-65-63-61-59-57-55-53-51-48-45-43-41-39-37-35-33-31-29-27-25-23-21-19-17-15-13-11-9-7-2/h9,11,15,17-18,20-21,23-24,26-27,29-30,32-33,35,39,41,45,48,92,96H,6-8,10,12-14,16,19,22,25,28,31,34,36-38,40,42-44,46-47,49-91H2,1-5H3/p+1/b11-9-,17-15-,20-18-,23-21-,26-24-,29-27-,32-30-,35-33-,41-39-,48-45-. The van der Waals surface area contributed by atoms with Gasteiger partial charge >= 0.3 is 17.9 Å². The topological polar surface area (TPSA) is 108 Å². The molecule has 0 spiro atoms. The van der Waals surface area contributed by atoms with Gasteiger partial charge in [-0.15, -0.1) is 0 Å². The van der Waals surface area contributed by atoms with Gasteiger partial charge in [0.05, 0.1) is 34.4 Å². The van der Waals surface area contributed by atoms with Crippen molar-refractivity contribution in [2.24, 2.45) is 0 Å². The molecule has 0 bridgehead atoms. The number of esters is 2. The molecular weight excluding hydrogens is 1300 g/mol. The zero-order valence-corrected chi connectivity index (χ0v) is 69.6. The van der Waals surface area contributed by atoms with Crippen molar-refractivity contribution in [2.75, 3.05) is 47.5 Å². The van der Waals surface area contributed by atoms with Gasteiger partial charge in [-0.1, -0.05) is 411 Å². The first kappa shape index (κ1) is 101. The number of allylic oxidation sites excluding steroid dienone is 20. The number of carbonyl (C=O) groups excluding carboxylic acids is 2. The molecule has 0 saturated carbocycles. The fraction of sp³-hybridized carbons (Fsp3) is 0.760. The zero-order valence-electron chi connectivity index (χ0n) is 69.6. The van der Waals surface area contributed by atoms with Crippen molar-refractivity contribution in [3.63, 3.8) is 0 Å². The van der Waals surface area contributed by atoms with Crippen molar-refractivity contribution < 1.29 is 42.9 Å². The van der Waals surface area contributed by atoms with Crippen molar-refractivity contribution >= 4 is 17.9 Å². The average Bonchev–Trinajstić information content (AvgIpc) is 1.97. The predicted octanol–water partition coefficient (Wildman–Crippen LogP) is 29.4. The second kappa shape index (κ2) is 85.3. The van der Waals surface area contributed by atoms with E-state index >= 15 is 0 Å². The Morgan fingerprint density at radius 3 is 0.810 bits per heavy atom. The van der Waals surface area contributed by atoms with E-state index in [0.717, 1.165) is 96.3 Å². The van der Waals surface area contributed by atoms with Gasteiger partial charge in [-0.25, -0.2) is 4.79 Å². The summed E-state index contributed by atoms with van der Waals surface area (Å²) in [6.45, 7) is 4.80. The van der Waals surface area contributed by atoms with Crippen LogP contribution >= 0.6 is 0 Å². The van der Waals surface area contributed by atoms with Crippen LogP contribution in [-0.4, -0.2) is 87.4 Å². The highest BCUT2D eigenvalue weighted by atomic mass is 16.7. The Hall–Kier alpha value is -4.31. The molecule has 2 unspecified atom stereocenters. The summed E-state index contributed by atoms with van der Waals surface area (Å²) in [4.78, 5) is 37.8. The molecule has 9 heteroatoms. The third-order valence-corrected chi connectivity index (χ3v) is 19.7. The largest absolute Gasteiger partial charge is 0.477 e. The molecule has 105 heavy (non-hydrogen) atoms. The maximum atomic E-state index is 13.0. The lowest BCUT2D eigenvalue weighted by atomic mass is 10.0. The van der Waals surface area contributed by atoms with Crippen LogP contribution < -0.4 is 0 Å². The Morgan fingerprint density at radius 2 is 0.543 bits per heavy atom. The number of likely N-dealkylation sites (N-methyl/N-ethyl adjacent to an activating group) is 1. The van der Waals surface area contributed by atoms with Crippen molar-refractivity contribution in [3.8, 4) is 0 Å². The van der Waals surface area contributed by atoms with Crippen molar-refractivity contribution in [3.05, 3.63) is 122 Å². The van der Waals surface area contributed by atoms with Gasteiger partial charge in [0.25, 0.3) is 6.29 Å². The van der Waals surface area contributed by atoms with Gasteiger partial charge in [-0.05, 0) is 109 Å². The smallest absolute Gasteiger partial charge is 0.361 e. The summed E-state index contributed by atoms with van der Waals surface area (Å²) in [6, 6.07) is 0. The lowest BCUT2D eigenvalue weighted by molar-refractivity contribution is -0.870. The summed E-state index contributed by atoms with van der Waals surface area (Å²) in [6.07, 6.45) is 120. The van der Waals surface area contributed by atoms with Crippen LogP contribution in [0.2, 0.25) is 0 Å². The number of carbonyl (C=O) groups is 3. The molecule has 0 amide bonds. The molecule has 2 atom stereocenters. The van der Waals surface area contributed by atoms with Gasteiger partial charge < -0.3 is 28.5 Å². The quantitative estimate of drug-likeness (QED) is 0.0211. The molecule has 9 nitrogen and oxygen atoms in total. The Kier molecular flexibility index (Phi) is 81.8. The predicted molar refractivity (Wildman–Crippen MR) is 456 cm³/mol. The molecule has 0 radical (unpaired) electrons. The van der Waals surface area contributed by atoms with Crippen LogP contribution in [0.1, 0.15) is 412 Å². The monoisotopic (exact) mass is 1470 g/mol. The first-order chi connectivity index (χ1) is 51.6. The lowest BCUT2D eigenvalue weighted by Gasteiger charge is -2.25. The number of hydrogen-bond donors (Lipinski definition) is 1. The Bertz CT molecular complexity index is 2160. The lowest BCUT2D eigenvalue weighted by Crippen LogP contribution is -2.40. The molecule has 0 aliphatic carbocycles. The molecule has 0 aliphatic heterocycles. The van der Waals surface area contributed by atoms with Gasteiger partial charge in [0.15, 0.2) is 6.10 Å². The molecule has 0 aliphatic rings. The van der Waals surface area contributed by atoms with Gasteiger partial charge in [-0.3, -0.25) is 9.59 Å². The van der Waals surface area contributed by atoms with Crippen LogP contribution in [0.4, 0.5) is 0 Å². The summed E-state index contributed by atoms with van der Waals surface area (Å²) in [7, 11) is 6.00. The van der Waals surface area contributed by atoms with Crippen molar-refractivity contribution in [1.82, 2.24) is 0 Å². The van der Waals surface area contributed by atoms with E-state index < -0.39 is 18.4 Å². The maximum Gasteiger partial charge on any atom is 0.361 e. The van der Waals surface area contributed by atoms with E-state index in [1.54, 1.807) is 0 Å². The molecule has 606 valence electrons. The van der Waals surface area contributed by atoms with Gasteiger partial charge in [-0.2, -0.15) is 0 Å². The SMILES string of the molecule is CC/C=C\C/C=C\C/C=C\C/C=C\C/C=C\C/C=C\C/C=C\CCCCCCCCCCCCCCCCCCCC(=O)OC(COC(=O)CCCCCCCCCCCCCCCCCCCCCCCCCCCC/C=C\C/C=C\C/C=C\CCCCCCC)COC(OCC[N+](C)(C)C)C(=O)O. The first-order valence-electron chi connectivity index (χ1n) is 44.7. The number of hydrogen-bond acceptors (Lipinski definition) is 7. The van der Waals surface area contributed by atoms with Crippen LogP contribution in [-0.2, 0) is 33.3 Å². The van der Waals surface area contributed by atoms with Gasteiger partial charge in [0.2, 0.25) is 0 Å². The number of aliphatic carboxylic acids is 1. The number of carboxylic acid groups (broad SMARTS) is 1. The van der Waals surface area contributed by atoms with Crippen LogP contribution in [0.3, 0.4) is 0 Å². The summed E-state index contributed by atoms with van der Waals surface area (Å²) in [5, 5.41) is 9.80. The van der Waals surface area contributed by atoms with E-state index in [9.17, 15) is 19.5 Å². The number of rotatable bonds is 83. The second-order valence-corrected chi connectivity index (χ2v) is 31.2. The zero-order chi connectivity index (χ0) is 76.0. The molecule has 1 N–H and O–H groups in total. The number of quaternary nitrogens is 1. The molecule has 0 rings (SSSR count). The third-order valence-electron chi connectivity index (χ3n) is 19.7. The fourth-order valence-corrected chi connectivity index (χ4v) is 12.9. The number of carboxylic acids is 1. The first-order valence-corrected chi connectivity index (χ1v) is 44.7. The third kappa shape index (κ3) is 86.8. The second-order valence-electron chi connectivity index (χ2n) is 31.2. The number of unbranched alkanes of at least 4 members (excludes halogenated alkanes) is 48. The van der Waals surface area contributed by atoms with E-state index in [4.69, 9.17) is 18.9 Å². The van der Waals surface area contributed by atoms with Crippen molar-refractivity contribution in [2.45, 2.75) is 424 Å². The molecule has 0 fully saturated rings. The van der Waals surface area contributed by atoms with Crippen molar-refractivity contribution in [1.29, 1.82) is 0 Å². The normalized spacial score (nSPS) is 13.2. The van der Waals surface area contributed by atoms with E-state index in [-0.39, 0.29) is 38.2 Å². The van der Waals surface area contributed by atoms with Crippen LogP contribution in [0.25, 0.3) is 0 Å². The maximum absolute atomic E-state index is 13.0. The minimum absolute atomic E-state index is 0.181. The Balaban J connectivity index is 3.94. The van der Waals surface area contributed by atoms with E-state index in [0.29, 0.717) is 17.4 Å². The molecule has 0 heterocycles. The average molecular weight is 1470 g/mol. The van der Waals surface area contributed by atoms with Crippen LogP contribution in [0.5, 0.6) is 0 Å². The highest BCUT2D eigenvalue weighted by Gasteiger charge is 2.25. The highest BCUT2D eigenvalue weighted by Crippen LogP contribution is 2.20. The number of ether oxygens (including phenoxy) is 4. The Morgan fingerprint density at radius 1 is 0.295 bits per heavy atom. The molecule has 0 aromatic rings. The summed E-state index contributed by atoms with van der Waals surface area (Å²) >= 11 is 0. The fourth-order valence-electron chi connectivity index (χ4n) is 12.9. The highest BCUT2D eigenvalue weighted by molar-refractivity contribution is 5.71. The van der Waals surface area contributed by atoms with Crippen LogP contribution in [0.15, 0.2) is 122 Å². The minimum atomic E-state index is -1.51. The number of nitrogens with zero attached hydrogens (tertiary/aromatic N) is 1. The van der Waals surface area contributed by atoms with E-state index in [2.05, 4.69) is 135 Å². The molecule has 0 aromatic heterocycles. The molecular formula is C96H170NO8+. The van der Waals surface area contributed by atoms with E-state index in [1.807, 2.05) is 21.1 Å². The summed E-state index contributed by atoms with van der Waals surface area (Å²) in [5.41, 5.74) is 0.